The highest BCUT2D eigenvalue weighted by atomic mass is 16.4. The van der Waals surface area contributed by atoms with Crippen LogP contribution in [0.5, 0.6) is 0 Å². The van der Waals surface area contributed by atoms with Crippen molar-refractivity contribution < 1.29 is 14.3 Å². The summed E-state index contributed by atoms with van der Waals surface area (Å²) in [7, 11) is 0. The van der Waals surface area contributed by atoms with Crippen LogP contribution in [0.15, 0.2) is 46.1 Å². The molecule has 5 nitrogen and oxygen atoms in total. The number of para-hydroxylation sites is 2. The molecule has 1 N–H and O–H groups in total. The Morgan fingerprint density at radius 3 is 2.90 bits per heavy atom. The van der Waals surface area contributed by atoms with Gasteiger partial charge in [-0.05, 0) is 25.0 Å². The number of nitrogens with zero attached hydrogens (tertiary/aromatic N) is 1. The number of oxazole rings is 1. The highest BCUT2D eigenvalue weighted by molar-refractivity contribution is 5.90. The van der Waals surface area contributed by atoms with Crippen molar-refractivity contribution in [3.05, 3.63) is 47.5 Å². The van der Waals surface area contributed by atoms with E-state index in [-0.39, 0.29) is 0 Å². The SMILES string of the molecule is C=CCCC(O)C(C)C(=O)n1c(=O)oc2ccccc21. The van der Waals surface area contributed by atoms with Crippen molar-refractivity contribution in [2.24, 2.45) is 5.92 Å². The first-order valence-electron chi connectivity index (χ1n) is 6.50. The molecule has 2 atom stereocenters. The Hall–Kier alpha value is -2.14. The van der Waals surface area contributed by atoms with Crippen molar-refractivity contribution in [3.63, 3.8) is 0 Å². The molecule has 20 heavy (non-hydrogen) atoms. The van der Waals surface area contributed by atoms with Gasteiger partial charge in [0.1, 0.15) is 0 Å². The van der Waals surface area contributed by atoms with Crippen LogP contribution >= 0.6 is 0 Å². The van der Waals surface area contributed by atoms with Gasteiger partial charge in [-0.15, -0.1) is 6.58 Å². The van der Waals surface area contributed by atoms with E-state index in [1.165, 1.54) is 0 Å². The highest BCUT2D eigenvalue weighted by Crippen LogP contribution is 2.16. The van der Waals surface area contributed by atoms with Gasteiger partial charge in [0.15, 0.2) is 5.58 Å². The smallest absolute Gasteiger partial charge is 0.407 e. The van der Waals surface area contributed by atoms with Crippen LogP contribution in [0, 0.1) is 5.92 Å². The van der Waals surface area contributed by atoms with Crippen molar-refractivity contribution in [1.29, 1.82) is 0 Å². The molecule has 0 saturated heterocycles. The van der Waals surface area contributed by atoms with Gasteiger partial charge in [-0.3, -0.25) is 4.79 Å². The zero-order chi connectivity index (χ0) is 14.7. The highest BCUT2D eigenvalue weighted by Gasteiger charge is 2.26. The van der Waals surface area contributed by atoms with Gasteiger partial charge in [0.05, 0.1) is 17.5 Å². The normalized spacial score (nSPS) is 14.1. The molecule has 0 fully saturated rings. The molecule has 0 aliphatic rings. The number of benzene rings is 1. The Kier molecular flexibility index (Phi) is 4.20. The van der Waals surface area contributed by atoms with Gasteiger partial charge in [0.25, 0.3) is 0 Å². The third kappa shape index (κ3) is 2.58. The molecule has 5 heteroatoms. The number of carbonyl (C=O) groups excluding carboxylic acids is 1. The number of aromatic nitrogens is 1. The van der Waals surface area contributed by atoms with Crippen LogP contribution in [0.2, 0.25) is 0 Å². The number of aliphatic hydroxyl groups is 1. The predicted molar refractivity (Wildman–Crippen MR) is 75.7 cm³/mol. The molecule has 0 saturated carbocycles. The Morgan fingerprint density at radius 2 is 2.20 bits per heavy atom. The van der Waals surface area contributed by atoms with Gasteiger partial charge in [-0.25, -0.2) is 9.36 Å². The minimum Gasteiger partial charge on any atom is -0.407 e. The van der Waals surface area contributed by atoms with Crippen LogP contribution in [0.3, 0.4) is 0 Å². The Morgan fingerprint density at radius 1 is 1.50 bits per heavy atom. The summed E-state index contributed by atoms with van der Waals surface area (Å²) in [4.78, 5) is 24.2. The van der Waals surface area contributed by atoms with Gasteiger partial charge >= 0.3 is 5.76 Å². The summed E-state index contributed by atoms with van der Waals surface area (Å²) < 4.78 is 6.00. The topological polar surface area (TPSA) is 72.4 Å². The molecule has 2 aromatic rings. The molecule has 0 radical (unpaired) electrons. The van der Waals surface area contributed by atoms with Crippen LogP contribution in [-0.4, -0.2) is 21.7 Å². The second-order valence-corrected chi connectivity index (χ2v) is 4.73. The van der Waals surface area contributed by atoms with Crippen LogP contribution in [0.25, 0.3) is 11.1 Å². The maximum Gasteiger partial charge on any atom is 0.426 e. The third-order valence-electron chi connectivity index (χ3n) is 3.34. The summed E-state index contributed by atoms with van der Waals surface area (Å²) in [5, 5.41) is 9.97. The lowest BCUT2D eigenvalue weighted by molar-refractivity contribution is 0.0609. The summed E-state index contributed by atoms with van der Waals surface area (Å²) in [5.41, 5.74) is 0.781. The summed E-state index contributed by atoms with van der Waals surface area (Å²) >= 11 is 0. The zero-order valence-corrected chi connectivity index (χ0v) is 11.3. The average molecular weight is 275 g/mol. The molecule has 2 rings (SSSR count). The number of hydrogen-bond donors (Lipinski definition) is 1. The quantitative estimate of drug-likeness (QED) is 0.849. The number of carbonyl (C=O) groups is 1. The maximum absolute atomic E-state index is 12.4. The fourth-order valence-electron chi connectivity index (χ4n) is 2.08. The molecule has 0 spiro atoms. The monoisotopic (exact) mass is 275 g/mol. The predicted octanol–water partition coefficient (Wildman–Crippen LogP) is 2.20. The molecular formula is C15H17NO4. The third-order valence-corrected chi connectivity index (χ3v) is 3.34. The number of rotatable bonds is 5. The standard InChI is InChI=1S/C15H17NO4/c1-3-4-8-12(17)10(2)14(18)16-11-7-5-6-9-13(11)20-15(16)19/h3,5-7,9-10,12,17H,1,4,8H2,2H3. The van der Waals surface area contributed by atoms with Crippen LogP contribution < -0.4 is 5.76 Å². The van der Waals surface area contributed by atoms with E-state index in [1.54, 1.807) is 37.3 Å². The van der Waals surface area contributed by atoms with Crippen molar-refractivity contribution in [2.75, 3.05) is 0 Å². The van der Waals surface area contributed by atoms with E-state index in [1.807, 2.05) is 0 Å². The lowest BCUT2D eigenvalue weighted by Gasteiger charge is -2.16. The van der Waals surface area contributed by atoms with Crippen molar-refractivity contribution in [1.82, 2.24) is 4.57 Å². The first kappa shape index (κ1) is 14.3. The second-order valence-electron chi connectivity index (χ2n) is 4.73. The van der Waals surface area contributed by atoms with Gasteiger partial charge in [-0.2, -0.15) is 0 Å². The number of fused-ring (bicyclic) bond motifs is 1. The van der Waals surface area contributed by atoms with Crippen molar-refractivity contribution >= 4 is 17.0 Å². The molecule has 1 aromatic heterocycles. The number of aliphatic hydroxyl groups excluding tert-OH is 1. The lowest BCUT2D eigenvalue weighted by atomic mass is 9.99. The van der Waals surface area contributed by atoms with E-state index >= 15 is 0 Å². The first-order valence-corrected chi connectivity index (χ1v) is 6.50. The van der Waals surface area contributed by atoms with Gasteiger partial charge in [0.2, 0.25) is 5.91 Å². The molecule has 0 aliphatic heterocycles. The molecule has 1 aromatic carbocycles. The summed E-state index contributed by atoms with van der Waals surface area (Å²) in [5.74, 6) is -1.87. The van der Waals surface area contributed by atoms with Gasteiger partial charge in [-0.1, -0.05) is 25.1 Å². The lowest BCUT2D eigenvalue weighted by Crippen LogP contribution is -2.34. The fraction of sp³-hybridized carbons (Fsp3) is 0.333. The van der Waals surface area contributed by atoms with Crippen LogP contribution in [-0.2, 0) is 0 Å². The van der Waals surface area contributed by atoms with Crippen molar-refractivity contribution in [2.45, 2.75) is 25.9 Å². The van der Waals surface area contributed by atoms with Gasteiger partial charge < -0.3 is 9.52 Å². The van der Waals surface area contributed by atoms with E-state index < -0.39 is 23.7 Å². The average Bonchev–Trinajstić information content (AvgIpc) is 2.78. The van der Waals surface area contributed by atoms with E-state index in [0.717, 1.165) is 4.57 Å². The number of allylic oxidation sites excluding steroid dienone is 1. The molecule has 0 aliphatic carbocycles. The van der Waals surface area contributed by atoms with Crippen LogP contribution in [0.1, 0.15) is 24.6 Å². The Balaban J connectivity index is 2.33. The van der Waals surface area contributed by atoms with E-state index in [0.29, 0.717) is 23.9 Å². The first-order chi connectivity index (χ1) is 9.56. The molecule has 1 heterocycles. The van der Waals surface area contributed by atoms with E-state index in [2.05, 4.69) is 6.58 Å². The molecule has 106 valence electrons. The van der Waals surface area contributed by atoms with Crippen LogP contribution in [0.4, 0.5) is 0 Å². The Bertz CT molecular complexity index is 682. The largest absolute Gasteiger partial charge is 0.426 e. The summed E-state index contributed by atoms with van der Waals surface area (Å²) in [6, 6.07) is 6.71. The maximum atomic E-state index is 12.4. The van der Waals surface area contributed by atoms with Gasteiger partial charge in [0, 0.05) is 0 Å². The second kappa shape index (κ2) is 5.88. The summed E-state index contributed by atoms with van der Waals surface area (Å²) in [6.07, 6.45) is 1.90. The summed E-state index contributed by atoms with van der Waals surface area (Å²) in [6.45, 7) is 5.18. The molecule has 0 amide bonds. The minimum absolute atomic E-state index is 0.360. The number of hydrogen-bond acceptors (Lipinski definition) is 4. The molecule has 0 bridgehead atoms. The Labute approximate surface area is 116 Å². The van der Waals surface area contributed by atoms with Crippen molar-refractivity contribution in [3.8, 4) is 0 Å². The van der Waals surface area contributed by atoms with E-state index in [4.69, 9.17) is 4.42 Å². The molecule has 2 unspecified atom stereocenters. The minimum atomic E-state index is -0.818. The fourth-order valence-corrected chi connectivity index (χ4v) is 2.08. The zero-order valence-electron chi connectivity index (χ0n) is 11.3. The molecular weight excluding hydrogens is 258 g/mol. The van der Waals surface area contributed by atoms with E-state index in [9.17, 15) is 14.7 Å².